The summed E-state index contributed by atoms with van der Waals surface area (Å²) in [6, 6.07) is 13.5. The average Bonchev–Trinajstić information content (AvgIpc) is 3.14. The fourth-order valence-electron chi connectivity index (χ4n) is 3.92. The van der Waals surface area contributed by atoms with E-state index in [1.54, 1.807) is 11.2 Å². The summed E-state index contributed by atoms with van der Waals surface area (Å²) in [5.41, 5.74) is 1.52. The predicted molar refractivity (Wildman–Crippen MR) is 116 cm³/mol. The first-order chi connectivity index (χ1) is 14.5. The lowest BCUT2D eigenvalue weighted by Crippen LogP contribution is -2.30. The smallest absolute Gasteiger partial charge is 0.290 e. The predicted octanol–water partition coefficient (Wildman–Crippen LogP) is 6.66. The molecular weight excluding hydrogens is 446 g/mol. The van der Waals surface area contributed by atoms with E-state index in [1.165, 1.54) is 0 Å². The van der Waals surface area contributed by atoms with Gasteiger partial charge in [0.25, 0.3) is 5.91 Å². The molecule has 0 aliphatic heterocycles. The van der Waals surface area contributed by atoms with Gasteiger partial charge in [-0.05, 0) is 61.7 Å². The van der Waals surface area contributed by atoms with Crippen LogP contribution in [0, 0.1) is 12.8 Å². The topological polar surface area (TPSA) is 59.7 Å². The molecule has 3 aromatic heterocycles. The van der Waals surface area contributed by atoms with Gasteiger partial charge in [-0.15, -0.1) is 0 Å². The van der Waals surface area contributed by atoms with E-state index in [1.807, 2.05) is 49.4 Å². The second-order valence-corrected chi connectivity index (χ2v) is 8.98. The molecule has 5 nitrogen and oxygen atoms in total. The van der Waals surface area contributed by atoms with E-state index in [4.69, 9.17) is 13.3 Å². The van der Waals surface area contributed by atoms with Crippen LogP contribution in [0.3, 0.4) is 0 Å². The Hall–Kier alpha value is -2.73. The van der Waals surface area contributed by atoms with Crippen molar-refractivity contribution in [2.45, 2.75) is 39.3 Å². The number of nitrogens with zero attached hydrogens (tertiary/aromatic N) is 1. The number of amides is 1. The van der Waals surface area contributed by atoms with Gasteiger partial charge in [-0.1, -0.05) is 22.9 Å². The second kappa shape index (κ2) is 7.51. The zero-order chi connectivity index (χ0) is 20.8. The quantitative estimate of drug-likeness (QED) is 0.318. The summed E-state index contributed by atoms with van der Waals surface area (Å²) in [6.45, 7) is 4.82. The number of carbonyl (C=O) groups is 1. The Morgan fingerprint density at radius 2 is 1.93 bits per heavy atom. The number of aryl methyl sites for hydroxylation is 1. The molecule has 0 radical (unpaired) electrons. The molecule has 4 aromatic rings. The molecule has 1 fully saturated rings. The molecule has 30 heavy (non-hydrogen) atoms. The van der Waals surface area contributed by atoms with E-state index < -0.39 is 0 Å². The van der Waals surface area contributed by atoms with Gasteiger partial charge >= 0.3 is 0 Å². The van der Waals surface area contributed by atoms with Crippen molar-refractivity contribution in [3.63, 3.8) is 0 Å². The molecule has 0 spiro atoms. The molecule has 1 saturated carbocycles. The first kappa shape index (κ1) is 19.2. The van der Waals surface area contributed by atoms with Crippen molar-refractivity contribution < 1.29 is 18.0 Å². The number of furan rings is 3. The third kappa shape index (κ3) is 3.60. The maximum Gasteiger partial charge on any atom is 0.290 e. The van der Waals surface area contributed by atoms with Gasteiger partial charge < -0.3 is 18.2 Å². The van der Waals surface area contributed by atoms with Crippen LogP contribution < -0.4 is 0 Å². The highest BCUT2D eigenvalue weighted by molar-refractivity contribution is 9.10. The molecule has 154 valence electrons. The number of rotatable bonds is 6. The van der Waals surface area contributed by atoms with Crippen LogP contribution in [0.4, 0.5) is 0 Å². The average molecular weight is 468 g/mol. The fourth-order valence-corrected chi connectivity index (χ4v) is 4.26. The van der Waals surface area contributed by atoms with E-state index in [0.717, 1.165) is 33.4 Å². The Kier molecular flexibility index (Phi) is 4.82. The van der Waals surface area contributed by atoms with E-state index in [-0.39, 0.29) is 5.91 Å². The number of benzene rings is 1. The van der Waals surface area contributed by atoms with Crippen molar-refractivity contribution in [2.24, 2.45) is 5.92 Å². The lowest BCUT2D eigenvalue weighted by molar-refractivity contribution is 0.0673. The maximum absolute atomic E-state index is 13.5. The fraction of sp³-hybridized carbons (Fsp3) is 0.292. The summed E-state index contributed by atoms with van der Waals surface area (Å²) in [5, 5.41) is 0.933. The van der Waals surface area contributed by atoms with Gasteiger partial charge in [0.1, 0.15) is 22.9 Å². The molecule has 2 unspecified atom stereocenters. The molecule has 1 aliphatic rings. The maximum atomic E-state index is 13.5. The zero-order valence-electron chi connectivity index (χ0n) is 16.9. The monoisotopic (exact) mass is 467 g/mol. The van der Waals surface area contributed by atoms with Crippen molar-refractivity contribution in [2.75, 3.05) is 0 Å². The van der Waals surface area contributed by atoms with Crippen LogP contribution in [0.2, 0.25) is 0 Å². The standard InChI is InChI=1S/C24H22BrNO4/c1-14-10-20(14)21-8-6-18(29-21)13-26(12-17-4-3-9-28-17)24(27)23-15(2)19-7-5-16(25)11-22(19)30-23/h3-9,11,14,20H,10,12-13H2,1-2H3. The van der Waals surface area contributed by atoms with Gasteiger partial charge in [-0.2, -0.15) is 0 Å². The summed E-state index contributed by atoms with van der Waals surface area (Å²) in [6.07, 6.45) is 2.77. The van der Waals surface area contributed by atoms with Crippen LogP contribution in [0.15, 0.2) is 66.5 Å². The van der Waals surface area contributed by atoms with Crippen LogP contribution in [0.1, 0.15) is 52.7 Å². The Balaban J connectivity index is 1.46. The van der Waals surface area contributed by atoms with E-state index in [2.05, 4.69) is 22.9 Å². The number of hydrogen-bond acceptors (Lipinski definition) is 4. The second-order valence-electron chi connectivity index (χ2n) is 8.06. The molecule has 0 bridgehead atoms. The van der Waals surface area contributed by atoms with Crippen molar-refractivity contribution >= 4 is 32.8 Å². The largest absolute Gasteiger partial charge is 0.467 e. The van der Waals surface area contributed by atoms with Gasteiger partial charge in [-0.3, -0.25) is 4.79 Å². The van der Waals surface area contributed by atoms with Gasteiger partial charge in [0, 0.05) is 21.3 Å². The normalized spacial score (nSPS) is 18.1. The third-order valence-corrected chi connectivity index (χ3v) is 6.31. The molecule has 5 rings (SSSR count). The first-order valence-electron chi connectivity index (χ1n) is 10.1. The van der Waals surface area contributed by atoms with Crippen molar-refractivity contribution in [3.8, 4) is 0 Å². The van der Waals surface area contributed by atoms with Crippen LogP contribution in [0.25, 0.3) is 11.0 Å². The first-order valence-corrected chi connectivity index (χ1v) is 10.9. The Morgan fingerprint density at radius 3 is 2.67 bits per heavy atom. The molecule has 3 heterocycles. The number of hydrogen-bond donors (Lipinski definition) is 0. The highest BCUT2D eigenvalue weighted by Gasteiger charge is 2.36. The van der Waals surface area contributed by atoms with Crippen molar-refractivity contribution in [1.82, 2.24) is 4.90 Å². The summed E-state index contributed by atoms with van der Waals surface area (Å²) < 4.78 is 18.4. The van der Waals surface area contributed by atoms with Crippen LogP contribution >= 0.6 is 15.9 Å². The van der Waals surface area contributed by atoms with Crippen LogP contribution in [-0.2, 0) is 13.1 Å². The van der Waals surface area contributed by atoms with Crippen LogP contribution in [-0.4, -0.2) is 10.8 Å². The summed E-state index contributed by atoms with van der Waals surface area (Å²) in [5.74, 6) is 3.81. The van der Waals surface area contributed by atoms with Crippen molar-refractivity contribution in [1.29, 1.82) is 0 Å². The van der Waals surface area contributed by atoms with E-state index >= 15 is 0 Å². The molecule has 0 saturated heterocycles. The van der Waals surface area contributed by atoms with Gasteiger partial charge in [0.15, 0.2) is 5.76 Å². The molecule has 2 atom stereocenters. The summed E-state index contributed by atoms with van der Waals surface area (Å²) in [7, 11) is 0. The van der Waals surface area contributed by atoms with E-state index in [0.29, 0.717) is 42.0 Å². The van der Waals surface area contributed by atoms with Gasteiger partial charge in [0.2, 0.25) is 0 Å². The molecule has 6 heteroatoms. The lowest BCUT2D eigenvalue weighted by Gasteiger charge is -2.20. The van der Waals surface area contributed by atoms with Gasteiger partial charge in [0.05, 0.1) is 19.4 Å². The Morgan fingerprint density at radius 1 is 1.13 bits per heavy atom. The molecule has 0 N–H and O–H groups in total. The Bertz CT molecular complexity index is 1200. The minimum Gasteiger partial charge on any atom is -0.467 e. The number of carbonyl (C=O) groups excluding carboxylic acids is 1. The number of halogens is 1. The van der Waals surface area contributed by atoms with E-state index in [9.17, 15) is 4.79 Å². The minimum atomic E-state index is -0.186. The third-order valence-electron chi connectivity index (χ3n) is 5.81. The molecule has 1 aliphatic carbocycles. The summed E-state index contributed by atoms with van der Waals surface area (Å²) in [4.78, 5) is 15.2. The zero-order valence-corrected chi connectivity index (χ0v) is 18.4. The molecule has 1 aromatic carbocycles. The number of fused-ring (bicyclic) bond motifs is 1. The Labute approximate surface area is 182 Å². The SMILES string of the molecule is Cc1c(C(=O)N(Cc2ccco2)Cc2ccc(C3CC3C)o2)oc2cc(Br)ccc12. The highest BCUT2D eigenvalue weighted by atomic mass is 79.9. The summed E-state index contributed by atoms with van der Waals surface area (Å²) >= 11 is 3.46. The molecular formula is C24H22BrNO4. The minimum absolute atomic E-state index is 0.186. The van der Waals surface area contributed by atoms with Gasteiger partial charge in [-0.25, -0.2) is 0 Å². The van der Waals surface area contributed by atoms with Crippen molar-refractivity contribution in [3.05, 3.63) is 81.8 Å². The van der Waals surface area contributed by atoms with Crippen LogP contribution in [0.5, 0.6) is 0 Å². The molecule has 1 amide bonds. The highest BCUT2D eigenvalue weighted by Crippen LogP contribution is 2.47. The lowest BCUT2D eigenvalue weighted by atomic mass is 10.1.